The van der Waals surface area contributed by atoms with Gasteiger partial charge in [-0.3, -0.25) is 0 Å². The maximum Gasteiger partial charge on any atom is 0.416 e. The number of alkyl halides is 3. The zero-order valence-electron chi connectivity index (χ0n) is 20.0. The van der Waals surface area contributed by atoms with Crippen LogP contribution in [0.2, 0.25) is 0 Å². The number of hydrogen-bond acceptors (Lipinski definition) is 5. The number of anilines is 2. The van der Waals surface area contributed by atoms with E-state index >= 15 is 0 Å². The summed E-state index contributed by atoms with van der Waals surface area (Å²) in [4.78, 5) is 12.5. The summed E-state index contributed by atoms with van der Waals surface area (Å²) in [6.45, 7) is 0. The van der Waals surface area contributed by atoms with E-state index in [1.54, 1.807) is 36.4 Å². The van der Waals surface area contributed by atoms with Crippen molar-refractivity contribution in [3.63, 3.8) is 0 Å². The summed E-state index contributed by atoms with van der Waals surface area (Å²) in [6, 6.07) is 12.3. The topological polar surface area (TPSA) is 78.1 Å². The molecule has 3 aromatic rings. The van der Waals surface area contributed by atoms with Gasteiger partial charge >= 0.3 is 12.2 Å². The lowest BCUT2D eigenvalue weighted by Crippen LogP contribution is -2.20. The largest absolute Gasteiger partial charge is 0.495 e. The molecule has 0 saturated heterocycles. The van der Waals surface area contributed by atoms with Gasteiger partial charge in [0, 0.05) is 5.69 Å². The zero-order chi connectivity index (χ0) is 26.3. The average molecular weight is 502 g/mol. The van der Waals surface area contributed by atoms with Crippen LogP contribution in [-0.4, -0.2) is 34.5 Å². The fourth-order valence-electron chi connectivity index (χ4n) is 3.37. The first-order valence-corrected chi connectivity index (χ1v) is 10.6. The third-order valence-electron chi connectivity index (χ3n) is 5.07. The van der Waals surface area contributed by atoms with E-state index in [4.69, 9.17) is 18.9 Å². The van der Waals surface area contributed by atoms with Gasteiger partial charge in [0.15, 0.2) is 11.5 Å². The van der Waals surface area contributed by atoms with Gasteiger partial charge in [-0.2, -0.15) is 13.2 Å². The normalized spacial score (nSPS) is 11.2. The molecule has 7 nitrogen and oxygen atoms in total. The molecule has 0 spiro atoms. The molecule has 0 bridgehead atoms. The van der Waals surface area contributed by atoms with Crippen LogP contribution >= 0.6 is 0 Å². The van der Waals surface area contributed by atoms with E-state index in [1.165, 1.54) is 40.6 Å². The van der Waals surface area contributed by atoms with E-state index in [-0.39, 0.29) is 5.69 Å². The second-order valence-corrected chi connectivity index (χ2v) is 7.41. The van der Waals surface area contributed by atoms with Crippen molar-refractivity contribution in [3.05, 3.63) is 71.3 Å². The van der Waals surface area contributed by atoms with Crippen molar-refractivity contribution in [2.75, 3.05) is 39.1 Å². The number of ether oxygens (including phenoxy) is 4. The molecule has 3 aromatic carbocycles. The van der Waals surface area contributed by atoms with Gasteiger partial charge in [-0.05, 0) is 53.6 Å². The van der Waals surface area contributed by atoms with Crippen molar-refractivity contribution in [2.45, 2.75) is 6.18 Å². The maximum absolute atomic E-state index is 12.9. The van der Waals surface area contributed by atoms with E-state index in [0.717, 1.165) is 23.3 Å². The van der Waals surface area contributed by atoms with Gasteiger partial charge in [0.2, 0.25) is 5.75 Å². The van der Waals surface area contributed by atoms with E-state index in [1.807, 2.05) is 6.08 Å². The SMILES string of the molecule is COc1ccc(/C=C\c2cc(OC)c(OC)c(OC)c2)cc1NC(=O)Nc1cccc(C(F)(F)F)c1. The number of urea groups is 1. The molecule has 0 fully saturated rings. The van der Waals surface area contributed by atoms with Crippen LogP contribution < -0.4 is 29.6 Å². The predicted octanol–water partition coefficient (Wildman–Crippen LogP) is 6.55. The first-order chi connectivity index (χ1) is 17.2. The summed E-state index contributed by atoms with van der Waals surface area (Å²) in [5.74, 6) is 1.85. The van der Waals surface area contributed by atoms with Crippen LogP contribution in [0.3, 0.4) is 0 Å². The molecule has 0 radical (unpaired) electrons. The van der Waals surface area contributed by atoms with Gasteiger partial charge in [-0.25, -0.2) is 4.79 Å². The first-order valence-electron chi connectivity index (χ1n) is 10.6. The van der Waals surface area contributed by atoms with E-state index in [9.17, 15) is 18.0 Å². The van der Waals surface area contributed by atoms with E-state index < -0.39 is 17.8 Å². The highest BCUT2D eigenvalue weighted by Crippen LogP contribution is 2.39. The molecule has 190 valence electrons. The molecule has 3 rings (SSSR count). The lowest BCUT2D eigenvalue weighted by atomic mass is 10.1. The minimum Gasteiger partial charge on any atom is -0.495 e. The van der Waals surface area contributed by atoms with Crippen molar-refractivity contribution in [1.29, 1.82) is 0 Å². The quantitative estimate of drug-likeness (QED) is 0.342. The second-order valence-electron chi connectivity index (χ2n) is 7.41. The van der Waals surface area contributed by atoms with Crippen LogP contribution in [0.4, 0.5) is 29.3 Å². The Morgan fingerprint density at radius 1 is 0.750 bits per heavy atom. The van der Waals surface area contributed by atoms with Crippen LogP contribution in [0, 0.1) is 0 Å². The molecular weight excluding hydrogens is 477 g/mol. The fraction of sp³-hybridized carbons (Fsp3) is 0.192. The Balaban J connectivity index is 1.81. The first kappa shape index (κ1) is 26.3. The van der Waals surface area contributed by atoms with Crippen molar-refractivity contribution in [3.8, 4) is 23.0 Å². The summed E-state index contributed by atoms with van der Waals surface area (Å²) < 4.78 is 60.2. The van der Waals surface area contributed by atoms with Crippen LogP contribution in [0.1, 0.15) is 16.7 Å². The Hall–Kier alpha value is -4.34. The molecule has 0 heterocycles. The van der Waals surface area contributed by atoms with Crippen molar-refractivity contribution >= 4 is 29.6 Å². The molecule has 0 saturated carbocycles. The molecule has 0 aliphatic heterocycles. The molecule has 0 aromatic heterocycles. The monoisotopic (exact) mass is 502 g/mol. The average Bonchev–Trinajstić information content (AvgIpc) is 2.86. The highest BCUT2D eigenvalue weighted by molar-refractivity contribution is 6.01. The minimum atomic E-state index is -4.52. The van der Waals surface area contributed by atoms with Gasteiger partial charge in [0.1, 0.15) is 5.75 Å². The van der Waals surface area contributed by atoms with Gasteiger partial charge in [0.05, 0.1) is 39.7 Å². The van der Waals surface area contributed by atoms with Gasteiger partial charge in [0.25, 0.3) is 0 Å². The molecule has 0 atom stereocenters. The predicted molar refractivity (Wildman–Crippen MR) is 132 cm³/mol. The van der Waals surface area contributed by atoms with Crippen molar-refractivity contribution < 1.29 is 36.9 Å². The minimum absolute atomic E-state index is 0.000238. The molecule has 2 N–H and O–H groups in total. The third-order valence-corrected chi connectivity index (χ3v) is 5.07. The number of rotatable bonds is 8. The highest BCUT2D eigenvalue weighted by atomic mass is 19.4. The molecule has 10 heteroatoms. The van der Waals surface area contributed by atoms with E-state index in [2.05, 4.69) is 10.6 Å². The Bertz CT molecular complexity index is 1230. The fourth-order valence-corrected chi connectivity index (χ4v) is 3.37. The number of nitrogens with one attached hydrogen (secondary N) is 2. The Kier molecular flexibility index (Phi) is 8.31. The highest BCUT2D eigenvalue weighted by Gasteiger charge is 2.30. The number of halogens is 3. The standard InChI is InChI=1S/C26H25F3N2O5/c1-33-21-11-10-16(8-9-17-13-22(34-2)24(36-4)23(14-17)35-3)12-20(21)31-25(32)30-19-7-5-6-18(15-19)26(27,28)29/h5-15H,1-4H3,(H2,30,31,32)/b9-8-. The van der Waals surface area contributed by atoms with Crippen LogP contribution in [0.5, 0.6) is 23.0 Å². The Morgan fingerprint density at radius 2 is 1.39 bits per heavy atom. The summed E-state index contributed by atoms with van der Waals surface area (Å²) in [6.07, 6.45) is -0.898. The second kappa shape index (κ2) is 11.4. The molecular formula is C26H25F3N2O5. The number of hydrogen-bond donors (Lipinski definition) is 2. The lowest BCUT2D eigenvalue weighted by molar-refractivity contribution is -0.137. The lowest BCUT2D eigenvalue weighted by Gasteiger charge is -2.14. The van der Waals surface area contributed by atoms with Crippen molar-refractivity contribution in [1.82, 2.24) is 0 Å². The molecule has 0 aliphatic rings. The van der Waals surface area contributed by atoms with Gasteiger partial charge in [-0.1, -0.05) is 24.3 Å². The summed E-state index contributed by atoms with van der Waals surface area (Å²) in [5.41, 5.74) is 0.960. The number of methoxy groups -OCH3 is 4. The number of carbonyl (C=O) groups excluding carboxylic acids is 1. The van der Waals surface area contributed by atoms with Crippen LogP contribution in [0.25, 0.3) is 12.2 Å². The summed E-state index contributed by atoms with van der Waals surface area (Å²) >= 11 is 0. The Morgan fingerprint density at radius 3 is 1.97 bits per heavy atom. The number of amides is 2. The number of benzene rings is 3. The molecule has 0 aliphatic carbocycles. The van der Waals surface area contributed by atoms with E-state index in [0.29, 0.717) is 28.7 Å². The van der Waals surface area contributed by atoms with Gasteiger partial charge < -0.3 is 29.6 Å². The van der Waals surface area contributed by atoms with Gasteiger partial charge in [-0.15, -0.1) is 0 Å². The molecule has 0 unspecified atom stereocenters. The maximum atomic E-state index is 12.9. The van der Waals surface area contributed by atoms with Crippen LogP contribution in [-0.2, 0) is 6.18 Å². The third kappa shape index (κ3) is 6.41. The number of carbonyl (C=O) groups is 1. The molecule has 36 heavy (non-hydrogen) atoms. The summed E-state index contributed by atoms with van der Waals surface area (Å²) in [5, 5.41) is 5.02. The van der Waals surface area contributed by atoms with Crippen LogP contribution in [0.15, 0.2) is 54.6 Å². The Labute approximate surface area is 206 Å². The van der Waals surface area contributed by atoms with Crippen molar-refractivity contribution in [2.24, 2.45) is 0 Å². The zero-order valence-corrected chi connectivity index (χ0v) is 20.0. The smallest absolute Gasteiger partial charge is 0.416 e. The summed E-state index contributed by atoms with van der Waals surface area (Å²) in [7, 11) is 6.01. The molecule has 2 amide bonds.